The zero-order valence-electron chi connectivity index (χ0n) is 18.2. The highest BCUT2D eigenvalue weighted by molar-refractivity contribution is 7.99. The predicted octanol–water partition coefficient (Wildman–Crippen LogP) is 2.34. The van der Waals surface area contributed by atoms with Gasteiger partial charge in [0.2, 0.25) is 5.91 Å². The highest BCUT2D eigenvalue weighted by atomic mass is 32.2. The maximum atomic E-state index is 13.4. The van der Waals surface area contributed by atoms with E-state index in [4.69, 9.17) is 4.74 Å². The number of carboxylic acid groups (broad SMARTS) is 1. The van der Waals surface area contributed by atoms with Crippen LogP contribution in [-0.4, -0.2) is 70.1 Å². The number of carbonyl (C=O) groups excluding carboxylic acids is 2. The standard InChI is InChI=1S/C23H32N2O5S/c1-3-30-23(29)18(11-9-16-7-5-4-6-8-16)24-15(2)21(26)25-19(22(27)28)12-10-17-13-31-14-20(17)25/h4-8,15,17-20,24H,3,9-14H2,1-2H3,(H,27,28)/t15-,17?,18?,19-,20?/m0/s1. The van der Waals surface area contributed by atoms with Crippen molar-refractivity contribution >= 4 is 29.6 Å². The van der Waals surface area contributed by atoms with E-state index in [-0.39, 0.29) is 24.5 Å². The van der Waals surface area contributed by atoms with E-state index in [1.807, 2.05) is 30.3 Å². The van der Waals surface area contributed by atoms with Gasteiger partial charge in [-0.05, 0) is 56.8 Å². The van der Waals surface area contributed by atoms with Crippen molar-refractivity contribution in [3.05, 3.63) is 35.9 Å². The smallest absolute Gasteiger partial charge is 0.326 e. The number of ether oxygens (including phenoxy) is 1. The quantitative estimate of drug-likeness (QED) is 0.560. The second-order valence-electron chi connectivity index (χ2n) is 8.26. The molecule has 0 bridgehead atoms. The summed E-state index contributed by atoms with van der Waals surface area (Å²) in [5.41, 5.74) is 1.10. The van der Waals surface area contributed by atoms with E-state index in [9.17, 15) is 19.5 Å². The Balaban J connectivity index is 1.71. The van der Waals surface area contributed by atoms with Gasteiger partial charge in [0.1, 0.15) is 12.1 Å². The number of nitrogens with one attached hydrogen (secondary N) is 1. The lowest BCUT2D eigenvalue weighted by Gasteiger charge is -2.43. The van der Waals surface area contributed by atoms with Crippen LogP contribution in [0.2, 0.25) is 0 Å². The molecule has 1 aromatic rings. The molecular formula is C23H32N2O5S. The Morgan fingerprint density at radius 1 is 1.23 bits per heavy atom. The summed E-state index contributed by atoms with van der Waals surface area (Å²) in [6.07, 6.45) is 2.47. The Morgan fingerprint density at radius 2 is 1.97 bits per heavy atom. The third kappa shape index (κ3) is 5.80. The molecule has 7 nitrogen and oxygen atoms in total. The van der Waals surface area contributed by atoms with E-state index in [0.29, 0.717) is 25.2 Å². The number of esters is 1. The lowest BCUT2D eigenvalue weighted by Crippen LogP contribution is -2.61. The SMILES string of the molecule is CCOC(=O)C(CCc1ccccc1)N[C@@H](C)C(=O)N1C2CSCC2CC[C@H]1C(=O)O. The van der Waals surface area contributed by atoms with Crippen LogP contribution in [0, 0.1) is 5.92 Å². The molecule has 170 valence electrons. The third-order valence-electron chi connectivity index (χ3n) is 6.17. The lowest BCUT2D eigenvalue weighted by molar-refractivity contribution is -0.157. The molecule has 0 radical (unpaired) electrons. The first-order valence-corrected chi connectivity index (χ1v) is 12.2. The van der Waals surface area contributed by atoms with E-state index in [1.165, 1.54) is 0 Å². The molecule has 0 aromatic heterocycles. The first-order valence-electron chi connectivity index (χ1n) is 11.0. The van der Waals surface area contributed by atoms with Gasteiger partial charge in [-0.25, -0.2) is 4.79 Å². The number of aliphatic carboxylic acids is 1. The fraction of sp³-hybridized carbons (Fsp3) is 0.609. The van der Waals surface area contributed by atoms with Crippen molar-refractivity contribution in [2.75, 3.05) is 18.1 Å². The topological polar surface area (TPSA) is 95.9 Å². The molecule has 2 N–H and O–H groups in total. The molecule has 8 heteroatoms. The van der Waals surface area contributed by atoms with Gasteiger partial charge in [0.05, 0.1) is 12.6 Å². The highest BCUT2D eigenvalue weighted by Gasteiger charge is 2.46. The number of piperidine rings is 1. The summed E-state index contributed by atoms with van der Waals surface area (Å²) < 4.78 is 5.22. The van der Waals surface area contributed by atoms with Gasteiger partial charge in [-0.2, -0.15) is 11.8 Å². The normalized spacial score (nSPS) is 24.8. The predicted molar refractivity (Wildman–Crippen MR) is 120 cm³/mol. The van der Waals surface area contributed by atoms with Crippen LogP contribution in [0.3, 0.4) is 0 Å². The third-order valence-corrected chi connectivity index (χ3v) is 7.41. The molecule has 2 fully saturated rings. The number of aryl methyl sites for hydroxylation is 1. The minimum absolute atomic E-state index is 0.0537. The van der Waals surface area contributed by atoms with Crippen LogP contribution >= 0.6 is 11.8 Å². The summed E-state index contributed by atoms with van der Waals surface area (Å²) in [7, 11) is 0. The molecular weight excluding hydrogens is 416 g/mol. The van der Waals surface area contributed by atoms with Crippen LogP contribution in [0.4, 0.5) is 0 Å². The van der Waals surface area contributed by atoms with E-state index in [1.54, 1.807) is 30.5 Å². The Labute approximate surface area is 187 Å². The Morgan fingerprint density at radius 3 is 2.65 bits per heavy atom. The van der Waals surface area contributed by atoms with Crippen LogP contribution in [0.5, 0.6) is 0 Å². The molecule has 2 aliphatic rings. The molecule has 0 spiro atoms. The number of nitrogens with zero attached hydrogens (tertiary/aromatic N) is 1. The summed E-state index contributed by atoms with van der Waals surface area (Å²) >= 11 is 1.78. The maximum Gasteiger partial charge on any atom is 0.326 e. The molecule has 1 amide bonds. The largest absolute Gasteiger partial charge is 0.480 e. The summed E-state index contributed by atoms with van der Waals surface area (Å²) in [5.74, 6) is 0.477. The number of hydrogen-bond donors (Lipinski definition) is 2. The van der Waals surface area contributed by atoms with Gasteiger partial charge in [-0.1, -0.05) is 30.3 Å². The minimum Gasteiger partial charge on any atom is -0.480 e. The fourth-order valence-corrected chi connectivity index (χ4v) is 6.04. The van der Waals surface area contributed by atoms with Gasteiger partial charge < -0.3 is 14.7 Å². The first-order chi connectivity index (χ1) is 14.9. The van der Waals surface area contributed by atoms with Gasteiger partial charge in [-0.15, -0.1) is 0 Å². The summed E-state index contributed by atoms with van der Waals surface area (Å²) in [6.45, 7) is 3.73. The molecule has 2 saturated heterocycles. The number of carbonyl (C=O) groups is 3. The lowest BCUT2D eigenvalue weighted by atomic mass is 9.87. The van der Waals surface area contributed by atoms with Crippen LogP contribution < -0.4 is 5.32 Å². The van der Waals surface area contributed by atoms with Gasteiger partial charge in [-0.3, -0.25) is 14.9 Å². The van der Waals surface area contributed by atoms with Crippen molar-refractivity contribution in [3.8, 4) is 0 Å². The second-order valence-corrected chi connectivity index (χ2v) is 9.33. The van der Waals surface area contributed by atoms with Crippen LogP contribution in [0.25, 0.3) is 0 Å². The fourth-order valence-electron chi connectivity index (χ4n) is 4.54. The number of benzene rings is 1. The van der Waals surface area contributed by atoms with E-state index >= 15 is 0 Å². The number of likely N-dealkylation sites (tertiary alicyclic amines) is 1. The number of thioether (sulfide) groups is 1. The van der Waals surface area contributed by atoms with E-state index in [2.05, 4.69) is 5.32 Å². The Bertz CT molecular complexity index is 774. The van der Waals surface area contributed by atoms with Crippen LogP contribution in [-0.2, 0) is 25.5 Å². The first kappa shape index (κ1) is 23.6. The van der Waals surface area contributed by atoms with E-state index in [0.717, 1.165) is 23.5 Å². The van der Waals surface area contributed by atoms with E-state index < -0.39 is 24.1 Å². The summed E-state index contributed by atoms with van der Waals surface area (Å²) in [4.78, 5) is 39.4. The molecule has 2 heterocycles. The van der Waals surface area contributed by atoms with Crippen molar-refractivity contribution in [1.29, 1.82) is 0 Å². The molecule has 1 aromatic carbocycles. The number of fused-ring (bicyclic) bond motifs is 1. The average Bonchev–Trinajstić information content (AvgIpc) is 3.25. The Hall–Kier alpha value is -2.06. The van der Waals surface area contributed by atoms with Crippen LogP contribution in [0.15, 0.2) is 30.3 Å². The van der Waals surface area contributed by atoms with Gasteiger partial charge in [0, 0.05) is 11.8 Å². The molecule has 0 saturated carbocycles. The summed E-state index contributed by atoms with van der Waals surface area (Å²) in [5, 5.41) is 12.9. The average molecular weight is 449 g/mol. The Kier molecular flexibility index (Phi) is 8.37. The molecule has 5 atom stereocenters. The van der Waals surface area contributed by atoms with Crippen molar-refractivity contribution in [2.45, 2.75) is 63.7 Å². The van der Waals surface area contributed by atoms with Crippen molar-refractivity contribution in [1.82, 2.24) is 10.2 Å². The van der Waals surface area contributed by atoms with Gasteiger partial charge in [0.25, 0.3) is 0 Å². The van der Waals surface area contributed by atoms with Gasteiger partial charge in [0.15, 0.2) is 0 Å². The highest BCUT2D eigenvalue weighted by Crippen LogP contribution is 2.38. The zero-order chi connectivity index (χ0) is 22.4. The minimum atomic E-state index is -0.957. The zero-order valence-corrected chi connectivity index (χ0v) is 19.0. The van der Waals surface area contributed by atoms with Crippen LogP contribution in [0.1, 0.15) is 38.7 Å². The monoisotopic (exact) mass is 448 g/mol. The summed E-state index contributed by atoms with van der Waals surface area (Å²) in [6, 6.07) is 7.66. The molecule has 3 rings (SSSR count). The molecule has 0 aliphatic carbocycles. The van der Waals surface area contributed by atoms with Crippen molar-refractivity contribution < 1.29 is 24.2 Å². The second kappa shape index (κ2) is 11.0. The molecule has 3 unspecified atom stereocenters. The number of carboxylic acids is 1. The number of amides is 1. The van der Waals surface area contributed by atoms with Crippen molar-refractivity contribution in [2.24, 2.45) is 5.92 Å². The molecule has 31 heavy (non-hydrogen) atoms. The number of hydrogen-bond acceptors (Lipinski definition) is 6. The maximum absolute atomic E-state index is 13.4. The molecule has 2 aliphatic heterocycles. The van der Waals surface area contributed by atoms with Gasteiger partial charge >= 0.3 is 11.9 Å². The van der Waals surface area contributed by atoms with Crippen molar-refractivity contribution in [3.63, 3.8) is 0 Å². The number of rotatable bonds is 9.